The van der Waals surface area contributed by atoms with Crippen molar-refractivity contribution in [2.45, 2.75) is 11.8 Å². The van der Waals surface area contributed by atoms with Crippen molar-refractivity contribution in [2.24, 2.45) is 20.5 Å². The van der Waals surface area contributed by atoms with E-state index in [1.807, 2.05) is 0 Å². The third kappa shape index (κ3) is 7.30. The van der Waals surface area contributed by atoms with Crippen LogP contribution in [0.3, 0.4) is 0 Å². The molecule has 0 aliphatic rings. The van der Waals surface area contributed by atoms with Gasteiger partial charge in [-0.2, -0.15) is 10.2 Å². The topological polar surface area (TPSA) is 167 Å². The number of carboxylic acid groups (broad SMARTS) is 1. The van der Waals surface area contributed by atoms with Gasteiger partial charge in [-0.25, -0.2) is 13.2 Å². The predicted molar refractivity (Wildman–Crippen MR) is 124 cm³/mol. The maximum absolute atomic E-state index is 12.0. The first kappa shape index (κ1) is 30.7. The first-order valence-electron chi connectivity index (χ1n) is 10.1. The van der Waals surface area contributed by atoms with E-state index in [2.05, 4.69) is 20.5 Å². The fourth-order valence-corrected chi connectivity index (χ4v) is 3.85. The van der Waals surface area contributed by atoms with Gasteiger partial charge in [0, 0.05) is 10.8 Å². The molecule has 0 aliphatic heterocycles. The quantitative estimate of drug-likeness (QED) is 0.202. The number of hydrogen-bond donors (Lipinski definition) is 1. The van der Waals surface area contributed by atoms with Gasteiger partial charge in [0.05, 0.1) is 33.2 Å². The van der Waals surface area contributed by atoms with Crippen molar-refractivity contribution in [2.75, 3.05) is 0 Å². The van der Waals surface area contributed by atoms with Crippen molar-refractivity contribution in [3.8, 4) is 5.75 Å². The van der Waals surface area contributed by atoms with Crippen LogP contribution in [0.25, 0.3) is 10.8 Å². The Labute approximate surface area is 256 Å². The Balaban J connectivity index is 0.00000241. The standard InChI is InChI=1S/C24H18N4O6S.2Na/c1-14-11-16(13-20(23(14)29)24(30)31)26-28-22-10-9-21(18-7-2-3-8-19(18)22)27-25-15-5-4-6-17(12-15)35(32,33)34;;/h2-13,29H,1H3,(H,30,31)(H,32,33,34);;/q;2*+1/p-2. The van der Waals surface area contributed by atoms with E-state index in [1.54, 1.807) is 36.4 Å². The molecule has 4 aromatic rings. The molecule has 37 heavy (non-hydrogen) atoms. The molecular weight excluding hydrogens is 518 g/mol. The van der Waals surface area contributed by atoms with Crippen molar-refractivity contribution < 1.29 is 87.1 Å². The molecule has 0 fully saturated rings. The van der Waals surface area contributed by atoms with Crippen molar-refractivity contribution in [1.29, 1.82) is 0 Å². The molecule has 4 aromatic carbocycles. The molecule has 176 valence electrons. The van der Waals surface area contributed by atoms with Gasteiger partial charge in [0.2, 0.25) is 0 Å². The minimum atomic E-state index is -4.61. The maximum Gasteiger partial charge on any atom is 1.00 e. The van der Waals surface area contributed by atoms with Crippen LogP contribution in [0.1, 0.15) is 15.9 Å². The van der Waals surface area contributed by atoms with Crippen LogP contribution in [-0.2, 0) is 10.1 Å². The molecular formula is C24H16N4Na2O6S. The summed E-state index contributed by atoms with van der Waals surface area (Å²) in [6.07, 6.45) is 0. The molecule has 0 atom stereocenters. The molecule has 0 amide bonds. The Morgan fingerprint density at radius 3 is 1.89 bits per heavy atom. The molecule has 13 heteroatoms. The van der Waals surface area contributed by atoms with Crippen LogP contribution < -0.4 is 64.2 Å². The van der Waals surface area contributed by atoms with Gasteiger partial charge in [0.15, 0.2) is 0 Å². The summed E-state index contributed by atoms with van der Waals surface area (Å²) in [6.45, 7) is 1.51. The maximum atomic E-state index is 12.0. The summed E-state index contributed by atoms with van der Waals surface area (Å²) in [6, 6.07) is 18.3. The number of aryl methyl sites for hydroxylation is 1. The van der Waals surface area contributed by atoms with Gasteiger partial charge in [-0.3, -0.25) is 0 Å². The van der Waals surface area contributed by atoms with Gasteiger partial charge in [-0.15, -0.1) is 10.2 Å². The van der Waals surface area contributed by atoms with Gasteiger partial charge in [0.1, 0.15) is 10.1 Å². The van der Waals surface area contributed by atoms with E-state index in [-0.39, 0.29) is 81.6 Å². The van der Waals surface area contributed by atoms with Crippen LogP contribution >= 0.6 is 0 Å². The summed E-state index contributed by atoms with van der Waals surface area (Å²) in [5, 5.41) is 39.1. The van der Waals surface area contributed by atoms with Crippen LogP contribution in [0.5, 0.6) is 5.75 Å². The van der Waals surface area contributed by atoms with E-state index in [9.17, 15) is 28.0 Å². The molecule has 0 aliphatic carbocycles. The van der Waals surface area contributed by atoms with Crippen LogP contribution in [0, 0.1) is 6.92 Å². The number of carbonyl (C=O) groups is 1. The number of azo groups is 2. The molecule has 1 N–H and O–H groups in total. The SMILES string of the molecule is Cc1cc(N=Nc2ccc(N=Nc3cccc(S(=O)(=O)[O-])c3)c3ccccc23)cc(C(=O)O)c1[O-].[Na+].[Na+]. The molecule has 0 aromatic heterocycles. The first-order valence-corrected chi connectivity index (χ1v) is 11.5. The van der Waals surface area contributed by atoms with Crippen LogP contribution in [-0.4, -0.2) is 24.0 Å². The normalized spacial score (nSPS) is 11.4. The second-order valence-corrected chi connectivity index (χ2v) is 8.83. The van der Waals surface area contributed by atoms with Gasteiger partial charge >= 0.3 is 65.1 Å². The molecule has 0 unspecified atom stereocenters. The third-order valence-electron chi connectivity index (χ3n) is 5.02. The van der Waals surface area contributed by atoms with Crippen molar-refractivity contribution in [3.05, 3.63) is 83.9 Å². The van der Waals surface area contributed by atoms with E-state index < -0.39 is 26.7 Å². The van der Waals surface area contributed by atoms with E-state index in [0.29, 0.717) is 22.1 Å². The minimum Gasteiger partial charge on any atom is -0.872 e. The monoisotopic (exact) mass is 534 g/mol. The number of aromatic carboxylic acids is 1. The Hall–Kier alpha value is -2.48. The third-order valence-corrected chi connectivity index (χ3v) is 5.85. The van der Waals surface area contributed by atoms with E-state index in [0.717, 1.165) is 6.07 Å². The zero-order valence-electron chi connectivity index (χ0n) is 20.1. The Morgan fingerprint density at radius 2 is 1.35 bits per heavy atom. The average molecular weight is 534 g/mol. The molecule has 0 bridgehead atoms. The summed E-state index contributed by atoms with van der Waals surface area (Å²) in [5.74, 6) is -1.91. The number of rotatable bonds is 6. The van der Waals surface area contributed by atoms with Crippen molar-refractivity contribution in [1.82, 2.24) is 0 Å². The molecule has 0 saturated heterocycles. The molecule has 4 rings (SSSR count). The molecule has 0 radical (unpaired) electrons. The summed E-state index contributed by atoms with van der Waals surface area (Å²) in [4.78, 5) is 10.9. The van der Waals surface area contributed by atoms with Gasteiger partial charge in [-0.1, -0.05) is 41.6 Å². The fraction of sp³-hybridized carbons (Fsp3) is 0.0417. The van der Waals surface area contributed by atoms with Crippen LogP contribution in [0.2, 0.25) is 0 Å². The van der Waals surface area contributed by atoms with Crippen molar-refractivity contribution >= 4 is 49.6 Å². The van der Waals surface area contributed by atoms with E-state index in [1.165, 1.54) is 37.3 Å². The Morgan fingerprint density at radius 1 is 0.784 bits per heavy atom. The van der Waals surface area contributed by atoms with Gasteiger partial charge < -0.3 is 14.8 Å². The van der Waals surface area contributed by atoms with E-state index in [4.69, 9.17) is 0 Å². The van der Waals surface area contributed by atoms with Crippen molar-refractivity contribution in [3.63, 3.8) is 0 Å². The zero-order valence-corrected chi connectivity index (χ0v) is 24.9. The second-order valence-electron chi connectivity index (χ2n) is 7.45. The summed E-state index contributed by atoms with van der Waals surface area (Å²) >= 11 is 0. The predicted octanol–water partition coefficient (Wildman–Crippen LogP) is -0.337. The number of carboxylic acids is 1. The van der Waals surface area contributed by atoms with E-state index >= 15 is 0 Å². The molecule has 0 saturated carbocycles. The summed E-state index contributed by atoms with van der Waals surface area (Å²) in [5.41, 5.74) is 1.22. The Bertz CT molecular complexity index is 1640. The second kappa shape index (κ2) is 12.9. The average Bonchev–Trinajstić information content (AvgIpc) is 2.83. The summed E-state index contributed by atoms with van der Waals surface area (Å²) in [7, 11) is -4.61. The largest absolute Gasteiger partial charge is 1.00 e. The van der Waals surface area contributed by atoms with Gasteiger partial charge in [-0.05, 0) is 49.4 Å². The fourth-order valence-electron chi connectivity index (χ4n) is 3.34. The zero-order chi connectivity index (χ0) is 25.2. The number of fused-ring (bicyclic) bond motifs is 1. The smallest absolute Gasteiger partial charge is 0.872 e. The number of nitrogens with zero attached hydrogens (tertiary/aromatic N) is 4. The minimum absolute atomic E-state index is 0. The summed E-state index contributed by atoms with van der Waals surface area (Å²) < 4.78 is 33.7. The first-order chi connectivity index (χ1) is 16.6. The van der Waals surface area contributed by atoms with Crippen LogP contribution in [0.4, 0.5) is 22.7 Å². The van der Waals surface area contributed by atoms with Gasteiger partial charge in [0.25, 0.3) is 0 Å². The number of benzene rings is 4. The molecule has 0 heterocycles. The Kier molecular flexibility index (Phi) is 10.7. The molecule has 10 nitrogen and oxygen atoms in total. The molecule has 0 spiro atoms. The number of hydrogen-bond acceptors (Lipinski definition) is 9. The van der Waals surface area contributed by atoms with Crippen LogP contribution in [0.15, 0.2) is 98.1 Å².